The number of benzene rings is 1. The Morgan fingerprint density at radius 1 is 1.43 bits per heavy atom. The minimum atomic E-state index is 0.151. The molecule has 14 heavy (non-hydrogen) atoms. The smallest absolute Gasteiger partial charge is 0.128 e. The number of hydrogen-bond acceptors (Lipinski definition) is 3. The Hall–Kier alpha value is -0.980. The lowest BCUT2D eigenvalue weighted by Crippen LogP contribution is -2.02. The van der Waals surface area contributed by atoms with Gasteiger partial charge < -0.3 is 4.74 Å². The van der Waals surface area contributed by atoms with Crippen LogP contribution in [-0.2, 0) is 4.74 Å². The molecular formula is C11H11NOS. The molecule has 0 spiro atoms. The van der Waals surface area contributed by atoms with Crippen LogP contribution in [0.4, 0.5) is 0 Å². The molecule has 0 aromatic heterocycles. The third-order valence-electron chi connectivity index (χ3n) is 2.15. The van der Waals surface area contributed by atoms with Crippen LogP contribution in [0.2, 0.25) is 0 Å². The van der Waals surface area contributed by atoms with Crippen molar-refractivity contribution in [1.29, 1.82) is 5.26 Å². The van der Waals surface area contributed by atoms with Crippen LogP contribution in [0.1, 0.15) is 23.5 Å². The van der Waals surface area contributed by atoms with Crippen molar-refractivity contribution >= 4 is 11.8 Å². The van der Waals surface area contributed by atoms with Gasteiger partial charge in [0.05, 0.1) is 17.7 Å². The molecule has 2 nitrogen and oxygen atoms in total. The summed E-state index contributed by atoms with van der Waals surface area (Å²) in [5.41, 5.74) is 2.00. The zero-order chi connectivity index (χ0) is 9.97. The van der Waals surface area contributed by atoms with Gasteiger partial charge in [0.15, 0.2) is 0 Å². The normalized spacial score (nSPS) is 26.0. The highest BCUT2D eigenvalue weighted by atomic mass is 32.2. The predicted octanol–water partition coefficient (Wildman–Crippen LogP) is 2.71. The quantitative estimate of drug-likeness (QED) is 0.706. The predicted molar refractivity (Wildman–Crippen MR) is 56.9 cm³/mol. The lowest BCUT2D eigenvalue weighted by Gasteiger charge is -2.09. The van der Waals surface area contributed by atoms with E-state index in [2.05, 4.69) is 13.0 Å². The van der Waals surface area contributed by atoms with Gasteiger partial charge >= 0.3 is 0 Å². The first-order valence-electron chi connectivity index (χ1n) is 4.57. The summed E-state index contributed by atoms with van der Waals surface area (Å²) in [5, 5.41) is 8.65. The van der Waals surface area contributed by atoms with Crippen LogP contribution in [0.3, 0.4) is 0 Å². The highest BCUT2D eigenvalue weighted by Crippen LogP contribution is 2.37. The fourth-order valence-corrected chi connectivity index (χ4v) is 2.54. The molecule has 1 aliphatic heterocycles. The Kier molecular flexibility index (Phi) is 2.76. The number of ether oxygens (including phenoxy) is 1. The Balaban J connectivity index is 2.14. The van der Waals surface area contributed by atoms with Gasteiger partial charge in [0.2, 0.25) is 0 Å². The second-order valence-corrected chi connectivity index (χ2v) is 4.44. The summed E-state index contributed by atoms with van der Waals surface area (Å²) < 4.78 is 5.70. The summed E-state index contributed by atoms with van der Waals surface area (Å²) in [5.74, 6) is 1.05. The van der Waals surface area contributed by atoms with Crippen molar-refractivity contribution in [2.24, 2.45) is 0 Å². The van der Waals surface area contributed by atoms with Crippen molar-refractivity contribution in [1.82, 2.24) is 0 Å². The molecule has 0 aliphatic carbocycles. The molecule has 2 unspecified atom stereocenters. The maximum Gasteiger partial charge on any atom is 0.128 e. The molecule has 1 aromatic carbocycles. The van der Waals surface area contributed by atoms with E-state index in [-0.39, 0.29) is 5.44 Å². The summed E-state index contributed by atoms with van der Waals surface area (Å²) >= 11 is 1.81. The third-order valence-corrected chi connectivity index (χ3v) is 3.50. The molecule has 0 radical (unpaired) electrons. The standard InChI is InChI=1S/C11H11NOS/c1-8-7-14-11(13-8)10-4-2-9(6-12)3-5-10/h2-5,8,11H,7H2,1H3. The molecule has 1 heterocycles. The Morgan fingerprint density at radius 2 is 2.14 bits per heavy atom. The molecule has 1 aliphatic rings. The van der Waals surface area contributed by atoms with Gasteiger partial charge in [-0.3, -0.25) is 0 Å². The van der Waals surface area contributed by atoms with Gasteiger partial charge in [-0.1, -0.05) is 12.1 Å². The summed E-state index contributed by atoms with van der Waals surface area (Å²) in [6.07, 6.45) is 0.334. The molecule has 1 saturated heterocycles. The van der Waals surface area contributed by atoms with Crippen molar-refractivity contribution in [3.63, 3.8) is 0 Å². The Labute approximate surface area is 87.9 Å². The van der Waals surface area contributed by atoms with Gasteiger partial charge in [0.25, 0.3) is 0 Å². The van der Waals surface area contributed by atoms with E-state index >= 15 is 0 Å². The molecule has 0 bridgehead atoms. The van der Waals surface area contributed by atoms with E-state index < -0.39 is 0 Å². The summed E-state index contributed by atoms with van der Waals surface area (Å²) in [7, 11) is 0. The monoisotopic (exact) mass is 205 g/mol. The van der Waals surface area contributed by atoms with Crippen LogP contribution in [0.25, 0.3) is 0 Å². The van der Waals surface area contributed by atoms with Crippen LogP contribution in [-0.4, -0.2) is 11.9 Å². The fourth-order valence-electron chi connectivity index (χ4n) is 1.40. The minimum absolute atomic E-state index is 0.151. The highest BCUT2D eigenvalue weighted by Gasteiger charge is 2.23. The molecular weight excluding hydrogens is 194 g/mol. The first-order chi connectivity index (χ1) is 6.79. The molecule has 0 amide bonds. The van der Waals surface area contributed by atoms with Gasteiger partial charge in [-0.05, 0) is 24.6 Å². The zero-order valence-electron chi connectivity index (χ0n) is 7.93. The topological polar surface area (TPSA) is 33.0 Å². The Bertz CT molecular complexity index is 355. The highest BCUT2D eigenvalue weighted by molar-refractivity contribution is 7.99. The average molecular weight is 205 g/mol. The second-order valence-electron chi connectivity index (χ2n) is 3.35. The van der Waals surface area contributed by atoms with Crippen molar-refractivity contribution in [2.45, 2.75) is 18.5 Å². The van der Waals surface area contributed by atoms with E-state index in [4.69, 9.17) is 10.00 Å². The van der Waals surface area contributed by atoms with Crippen molar-refractivity contribution < 1.29 is 4.74 Å². The molecule has 2 rings (SSSR count). The number of hydrogen-bond donors (Lipinski definition) is 0. The lowest BCUT2D eigenvalue weighted by molar-refractivity contribution is 0.0789. The Morgan fingerprint density at radius 3 is 2.64 bits per heavy atom. The molecule has 0 saturated carbocycles. The van der Waals surface area contributed by atoms with Crippen molar-refractivity contribution in [3.8, 4) is 6.07 Å². The van der Waals surface area contributed by atoms with Crippen LogP contribution in [0.5, 0.6) is 0 Å². The molecule has 0 N–H and O–H groups in total. The van der Waals surface area contributed by atoms with Crippen LogP contribution in [0, 0.1) is 11.3 Å². The number of thioether (sulfide) groups is 1. The molecule has 3 heteroatoms. The van der Waals surface area contributed by atoms with E-state index in [1.807, 2.05) is 36.0 Å². The molecule has 1 fully saturated rings. The maximum atomic E-state index is 8.65. The third kappa shape index (κ3) is 1.92. The zero-order valence-corrected chi connectivity index (χ0v) is 8.75. The van der Waals surface area contributed by atoms with E-state index in [0.717, 1.165) is 11.3 Å². The minimum Gasteiger partial charge on any atom is -0.359 e. The van der Waals surface area contributed by atoms with E-state index in [0.29, 0.717) is 11.7 Å². The SMILES string of the molecule is CC1CSC(c2ccc(C#N)cc2)O1. The number of nitriles is 1. The van der Waals surface area contributed by atoms with E-state index in [1.165, 1.54) is 0 Å². The van der Waals surface area contributed by atoms with Crippen LogP contribution < -0.4 is 0 Å². The van der Waals surface area contributed by atoms with Crippen LogP contribution >= 0.6 is 11.8 Å². The summed E-state index contributed by atoms with van der Waals surface area (Å²) in [6, 6.07) is 9.71. The van der Waals surface area contributed by atoms with Gasteiger partial charge in [0.1, 0.15) is 5.44 Å². The molecule has 2 atom stereocenters. The van der Waals surface area contributed by atoms with E-state index in [9.17, 15) is 0 Å². The largest absolute Gasteiger partial charge is 0.359 e. The number of rotatable bonds is 1. The average Bonchev–Trinajstić information content (AvgIpc) is 2.65. The first-order valence-corrected chi connectivity index (χ1v) is 5.61. The van der Waals surface area contributed by atoms with Crippen molar-refractivity contribution in [3.05, 3.63) is 35.4 Å². The van der Waals surface area contributed by atoms with Gasteiger partial charge in [0, 0.05) is 5.75 Å². The first kappa shape index (κ1) is 9.57. The summed E-state index contributed by atoms with van der Waals surface area (Å²) in [4.78, 5) is 0. The van der Waals surface area contributed by atoms with Gasteiger partial charge in [-0.2, -0.15) is 5.26 Å². The lowest BCUT2D eigenvalue weighted by atomic mass is 10.1. The summed E-state index contributed by atoms with van der Waals surface area (Å²) in [6.45, 7) is 2.08. The number of nitrogens with zero attached hydrogens (tertiary/aromatic N) is 1. The molecule has 1 aromatic rings. The second kappa shape index (κ2) is 4.04. The van der Waals surface area contributed by atoms with Crippen molar-refractivity contribution in [2.75, 3.05) is 5.75 Å². The fraction of sp³-hybridized carbons (Fsp3) is 0.364. The van der Waals surface area contributed by atoms with Gasteiger partial charge in [-0.25, -0.2) is 0 Å². The van der Waals surface area contributed by atoms with Crippen LogP contribution in [0.15, 0.2) is 24.3 Å². The molecule has 72 valence electrons. The van der Waals surface area contributed by atoms with Gasteiger partial charge in [-0.15, -0.1) is 11.8 Å². The van der Waals surface area contributed by atoms with E-state index in [1.54, 1.807) is 0 Å². The maximum absolute atomic E-state index is 8.65.